The zero-order valence-electron chi connectivity index (χ0n) is 35.2. The van der Waals surface area contributed by atoms with Gasteiger partial charge in [-0.1, -0.05) is 161 Å². The molecule has 0 amide bonds. The van der Waals surface area contributed by atoms with Gasteiger partial charge in [-0.25, -0.2) is 4.57 Å². The molecule has 6 N–H and O–H groups in total. The predicted molar refractivity (Wildman–Crippen MR) is 221 cm³/mol. The number of esters is 1. The van der Waals surface area contributed by atoms with Gasteiger partial charge in [0, 0.05) is 13.0 Å². The van der Waals surface area contributed by atoms with Crippen LogP contribution in [-0.4, -0.2) is 98.9 Å². The zero-order chi connectivity index (χ0) is 41.3. The monoisotopic (exact) mass is 823 g/mol. The lowest BCUT2D eigenvalue weighted by atomic mass is 9.85. The molecule has 1 aliphatic rings. The summed E-state index contributed by atoms with van der Waals surface area (Å²) < 4.78 is 34.1. The van der Waals surface area contributed by atoms with Crippen molar-refractivity contribution in [2.24, 2.45) is 0 Å². The molecule has 332 valence electrons. The molecule has 0 spiro atoms. The van der Waals surface area contributed by atoms with E-state index in [0.717, 1.165) is 57.8 Å². The highest BCUT2D eigenvalue weighted by Gasteiger charge is 2.51. The molecule has 0 radical (unpaired) electrons. The van der Waals surface area contributed by atoms with E-state index in [0.29, 0.717) is 13.0 Å². The van der Waals surface area contributed by atoms with Gasteiger partial charge < -0.3 is 39.9 Å². The van der Waals surface area contributed by atoms with Gasteiger partial charge in [-0.3, -0.25) is 13.8 Å². The summed E-state index contributed by atoms with van der Waals surface area (Å²) in [6, 6.07) is 0. The molecule has 0 heterocycles. The number of hydrogen-bond acceptors (Lipinski definition) is 11. The second-order valence-corrected chi connectivity index (χ2v) is 17.3. The van der Waals surface area contributed by atoms with Crippen molar-refractivity contribution in [3.8, 4) is 0 Å². The summed E-state index contributed by atoms with van der Waals surface area (Å²) in [6.07, 6.45) is 24.2. The quantitative estimate of drug-likeness (QED) is 0.0150. The van der Waals surface area contributed by atoms with Crippen LogP contribution in [0.1, 0.15) is 194 Å². The third-order valence-corrected chi connectivity index (χ3v) is 11.6. The Labute approximate surface area is 339 Å². The van der Waals surface area contributed by atoms with Crippen molar-refractivity contribution in [2.75, 3.05) is 19.8 Å². The van der Waals surface area contributed by atoms with Crippen molar-refractivity contribution in [2.45, 2.75) is 236 Å². The maximum Gasteiger partial charge on any atom is 0.472 e. The van der Waals surface area contributed by atoms with E-state index in [2.05, 4.69) is 26.0 Å². The highest BCUT2D eigenvalue weighted by molar-refractivity contribution is 7.47. The first-order chi connectivity index (χ1) is 27.0. The van der Waals surface area contributed by atoms with E-state index >= 15 is 0 Å². The lowest BCUT2D eigenvalue weighted by Gasteiger charge is -2.41. The van der Waals surface area contributed by atoms with Crippen molar-refractivity contribution in [3.63, 3.8) is 0 Å². The second kappa shape index (κ2) is 34.9. The number of unbranched alkanes of at least 4 members (excludes halogenated alkanes) is 24. The Morgan fingerprint density at radius 1 is 0.554 bits per heavy atom. The zero-order valence-corrected chi connectivity index (χ0v) is 36.1. The van der Waals surface area contributed by atoms with Gasteiger partial charge in [0.15, 0.2) is 0 Å². The maximum atomic E-state index is 12.8. The highest BCUT2D eigenvalue weighted by atomic mass is 31.2. The minimum atomic E-state index is -5.01. The average molecular weight is 823 g/mol. The molecule has 8 atom stereocenters. The summed E-state index contributed by atoms with van der Waals surface area (Å²) in [5, 5.41) is 50.1. The fraction of sp³-hybridized carbons (Fsp3) is 0.930. The van der Waals surface area contributed by atoms with Crippen LogP contribution in [0.5, 0.6) is 0 Å². The number of phosphoric ester groups is 1. The van der Waals surface area contributed by atoms with Gasteiger partial charge in [0.05, 0.1) is 13.2 Å². The van der Waals surface area contributed by atoms with Crippen LogP contribution >= 0.6 is 7.82 Å². The molecule has 1 rings (SSSR count). The average Bonchev–Trinajstić information content (AvgIpc) is 3.18. The Kier molecular flexibility index (Phi) is 33.1. The number of carbonyl (C=O) groups excluding carboxylic acids is 1. The molecule has 0 aromatic heterocycles. The topological polar surface area (TPSA) is 192 Å². The minimum absolute atomic E-state index is 0.0745. The molecular weight excluding hydrogens is 739 g/mol. The summed E-state index contributed by atoms with van der Waals surface area (Å²) in [4.78, 5) is 23.1. The number of allylic oxidation sites excluding steroid dienone is 2. The molecule has 1 fully saturated rings. The Morgan fingerprint density at radius 3 is 1.41 bits per heavy atom. The summed E-state index contributed by atoms with van der Waals surface area (Å²) in [6.45, 7) is 4.26. The van der Waals surface area contributed by atoms with E-state index in [1.54, 1.807) is 0 Å². The first-order valence-corrected chi connectivity index (χ1v) is 24.0. The van der Waals surface area contributed by atoms with Crippen molar-refractivity contribution in [3.05, 3.63) is 12.2 Å². The van der Waals surface area contributed by atoms with Crippen LogP contribution < -0.4 is 0 Å². The van der Waals surface area contributed by atoms with Crippen molar-refractivity contribution < 1.29 is 58.3 Å². The third kappa shape index (κ3) is 27.0. The maximum absolute atomic E-state index is 12.8. The number of aliphatic hydroxyl groups is 5. The van der Waals surface area contributed by atoms with Gasteiger partial charge in [0.2, 0.25) is 0 Å². The van der Waals surface area contributed by atoms with Gasteiger partial charge in [0.25, 0.3) is 0 Å². The van der Waals surface area contributed by atoms with Crippen LogP contribution in [-0.2, 0) is 27.9 Å². The summed E-state index contributed by atoms with van der Waals surface area (Å²) >= 11 is 0. The standard InChI is InChI=1S/C43H83O12P/c1-3-5-7-9-11-13-15-17-19-20-22-24-26-28-30-32-37(44)54-36(34-52-33-31-29-27-25-23-21-18-16-14-12-10-8-6-4-2)35-53-56(50,51)55-43-41(48)39(46)38(45)40(47)42(43)49/h17,19,36,38-43,45-49H,3-16,18,20-35H2,1-2H3,(H,50,51)/b19-17-/t36-,38?,39-,40?,41?,42?,43?/m1/s1. The molecule has 0 aromatic rings. The van der Waals surface area contributed by atoms with Gasteiger partial charge >= 0.3 is 13.8 Å². The molecule has 0 aromatic carbocycles. The second-order valence-electron chi connectivity index (χ2n) is 15.9. The number of hydrogen-bond donors (Lipinski definition) is 6. The molecule has 0 bridgehead atoms. The molecule has 0 aliphatic heterocycles. The molecule has 0 saturated heterocycles. The third-order valence-electron chi connectivity index (χ3n) is 10.6. The smallest absolute Gasteiger partial charge is 0.457 e. The van der Waals surface area contributed by atoms with Gasteiger partial charge in [0.1, 0.15) is 42.7 Å². The number of rotatable bonds is 38. The SMILES string of the molecule is CCCCCCCC/C=C\CCCCCCCC(=O)O[C@H](COCCCCCCCCCCCCCCCC)COP(=O)(O)OC1C(O)C(O)C(O)[C@@H](O)C1O. The Balaban J connectivity index is 2.41. The molecule has 1 aliphatic carbocycles. The molecule has 1 saturated carbocycles. The molecule has 13 heteroatoms. The van der Waals surface area contributed by atoms with Gasteiger partial charge in [-0.15, -0.1) is 0 Å². The van der Waals surface area contributed by atoms with Crippen LogP contribution in [0.3, 0.4) is 0 Å². The first-order valence-electron chi connectivity index (χ1n) is 22.5. The van der Waals surface area contributed by atoms with E-state index < -0.39 is 63.1 Å². The molecule has 6 unspecified atom stereocenters. The Bertz CT molecular complexity index is 984. The predicted octanol–water partition coefficient (Wildman–Crippen LogP) is 8.75. The highest BCUT2D eigenvalue weighted by Crippen LogP contribution is 2.47. The van der Waals surface area contributed by atoms with Crippen LogP contribution in [0.4, 0.5) is 0 Å². The molecular formula is C43H83O12P. The number of carbonyl (C=O) groups is 1. The number of phosphoric acid groups is 1. The fourth-order valence-corrected chi connectivity index (χ4v) is 7.97. The van der Waals surface area contributed by atoms with E-state index in [1.165, 1.54) is 109 Å². The number of aliphatic hydroxyl groups excluding tert-OH is 5. The van der Waals surface area contributed by atoms with E-state index in [-0.39, 0.29) is 13.0 Å². The lowest BCUT2D eigenvalue weighted by molar-refractivity contribution is -0.220. The largest absolute Gasteiger partial charge is 0.472 e. The normalized spacial score (nSPS) is 23.1. The van der Waals surface area contributed by atoms with Gasteiger partial charge in [-0.2, -0.15) is 0 Å². The van der Waals surface area contributed by atoms with E-state index in [4.69, 9.17) is 18.5 Å². The lowest BCUT2D eigenvalue weighted by Crippen LogP contribution is -2.64. The van der Waals surface area contributed by atoms with Crippen molar-refractivity contribution in [1.29, 1.82) is 0 Å². The fourth-order valence-electron chi connectivity index (χ4n) is 7.00. The molecule has 12 nitrogen and oxygen atoms in total. The van der Waals surface area contributed by atoms with Crippen molar-refractivity contribution in [1.82, 2.24) is 0 Å². The minimum Gasteiger partial charge on any atom is -0.457 e. The van der Waals surface area contributed by atoms with Crippen LogP contribution in [0.15, 0.2) is 12.2 Å². The summed E-state index contributed by atoms with van der Waals surface area (Å²) in [7, 11) is -5.01. The van der Waals surface area contributed by atoms with E-state index in [9.17, 15) is 39.8 Å². The van der Waals surface area contributed by atoms with Gasteiger partial charge in [-0.05, 0) is 38.5 Å². The van der Waals surface area contributed by atoms with Crippen molar-refractivity contribution >= 4 is 13.8 Å². The van der Waals surface area contributed by atoms with Crippen LogP contribution in [0.2, 0.25) is 0 Å². The van der Waals surface area contributed by atoms with Crippen LogP contribution in [0.25, 0.3) is 0 Å². The number of ether oxygens (including phenoxy) is 2. The molecule has 56 heavy (non-hydrogen) atoms. The summed E-state index contributed by atoms with van der Waals surface area (Å²) in [5.41, 5.74) is 0. The van der Waals surface area contributed by atoms with E-state index in [1.807, 2.05) is 0 Å². The summed E-state index contributed by atoms with van der Waals surface area (Å²) in [5.74, 6) is -0.483. The Hall–Kier alpha value is -0.920. The Morgan fingerprint density at radius 2 is 0.946 bits per heavy atom. The first kappa shape index (κ1) is 53.1. The van der Waals surface area contributed by atoms with Crippen LogP contribution in [0, 0.1) is 0 Å².